The quantitative estimate of drug-likeness (QED) is 0.274. The van der Waals surface area contributed by atoms with Gasteiger partial charge in [-0.3, -0.25) is 30.1 Å². The van der Waals surface area contributed by atoms with Crippen LogP contribution in [0.15, 0.2) is 60.3 Å². The van der Waals surface area contributed by atoms with Crippen LogP contribution in [-0.2, 0) is 4.79 Å². The number of amides is 1. The zero-order chi connectivity index (χ0) is 21.7. The molecule has 0 saturated carbocycles. The summed E-state index contributed by atoms with van der Waals surface area (Å²) in [5.41, 5.74) is 0.732. The van der Waals surface area contributed by atoms with Crippen molar-refractivity contribution in [3.05, 3.63) is 86.1 Å². The fourth-order valence-electron chi connectivity index (χ4n) is 2.61. The molecule has 1 amide bonds. The lowest BCUT2D eigenvalue weighted by Crippen LogP contribution is -2.13. The van der Waals surface area contributed by atoms with Crippen molar-refractivity contribution in [2.24, 2.45) is 0 Å². The molecule has 0 atom stereocenters. The number of carbonyl (C=O) groups is 1. The van der Waals surface area contributed by atoms with Crippen LogP contribution < -0.4 is 5.32 Å². The van der Waals surface area contributed by atoms with Crippen LogP contribution in [0.3, 0.4) is 0 Å². The Bertz CT molecular complexity index is 1220. The number of nitrogens with zero attached hydrogens (tertiary/aromatic N) is 4. The summed E-state index contributed by atoms with van der Waals surface area (Å²) in [4.78, 5) is 33.2. The molecule has 0 fully saturated rings. The number of hydrogen-bond donors (Lipinski definition) is 2. The lowest BCUT2D eigenvalue weighted by Gasteiger charge is -2.04. The van der Waals surface area contributed by atoms with E-state index in [0.717, 1.165) is 0 Å². The second-order valence-corrected chi connectivity index (χ2v) is 5.94. The van der Waals surface area contributed by atoms with Crippen molar-refractivity contribution in [3.63, 3.8) is 0 Å². The largest absolute Gasteiger partial charge is 0.321 e. The van der Waals surface area contributed by atoms with E-state index in [1.807, 2.05) is 0 Å². The molecule has 0 aliphatic rings. The number of hydrogen-bond acceptors (Lipinski definition) is 7. The van der Waals surface area contributed by atoms with Crippen LogP contribution in [0.1, 0.15) is 5.56 Å². The van der Waals surface area contributed by atoms with Crippen molar-refractivity contribution in [3.8, 4) is 17.3 Å². The Hall–Kier alpha value is -4.85. The predicted molar refractivity (Wildman–Crippen MR) is 106 cm³/mol. The predicted octanol–water partition coefficient (Wildman–Crippen LogP) is 3.44. The Labute approximate surface area is 168 Å². The molecular formula is C19H12N6O5. The van der Waals surface area contributed by atoms with E-state index in [4.69, 9.17) is 0 Å². The van der Waals surface area contributed by atoms with Gasteiger partial charge in [-0.1, -0.05) is 18.2 Å². The van der Waals surface area contributed by atoms with Gasteiger partial charge in [-0.25, -0.2) is 0 Å². The SMILES string of the molecule is N#C/C(=C\c1cn[nH]c1-c1cccc([N+](=O)[O-])c1)C(=O)Nc1cccc([N+](=O)[O-])c1. The first-order valence-corrected chi connectivity index (χ1v) is 8.35. The molecule has 3 rings (SSSR count). The average Bonchev–Trinajstić information content (AvgIpc) is 3.20. The molecule has 2 aromatic carbocycles. The fraction of sp³-hybridized carbons (Fsp3) is 0. The van der Waals surface area contributed by atoms with Gasteiger partial charge in [-0.15, -0.1) is 0 Å². The van der Waals surface area contributed by atoms with Gasteiger partial charge in [-0.2, -0.15) is 10.4 Å². The van der Waals surface area contributed by atoms with Crippen LogP contribution in [0.4, 0.5) is 17.1 Å². The number of carbonyl (C=O) groups excluding carboxylic acids is 1. The Morgan fingerprint density at radius 3 is 2.43 bits per heavy atom. The first-order valence-electron chi connectivity index (χ1n) is 8.35. The highest BCUT2D eigenvalue weighted by molar-refractivity contribution is 6.10. The Morgan fingerprint density at radius 1 is 1.10 bits per heavy atom. The number of nitro groups is 2. The number of aromatic amines is 1. The number of nitro benzene ring substituents is 2. The van der Waals surface area contributed by atoms with Crippen molar-refractivity contribution < 1.29 is 14.6 Å². The maximum atomic E-state index is 12.5. The van der Waals surface area contributed by atoms with Crippen LogP contribution >= 0.6 is 0 Å². The van der Waals surface area contributed by atoms with Gasteiger partial charge in [0, 0.05) is 41.1 Å². The third-order valence-corrected chi connectivity index (χ3v) is 3.99. The second-order valence-electron chi connectivity index (χ2n) is 5.94. The third kappa shape index (κ3) is 4.34. The standard InChI is InChI=1S/C19H12N6O5/c20-10-13(19(26)22-15-4-2-6-17(9-15)25(29)30)7-14-11-21-23-18(14)12-3-1-5-16(8-12)24(27)28/h1-9,11H,(H,21,23)(H,22,26)/b13-7+. The lowest BCUT2D eigenvalue weighted by atomic mass is 10.1. The van der Waals surface area contributed by atoms with Crippen molar-refractivity contribution in [1.29, 1.82) is 5.26 Å². The number of benzene rings is 2. The third-order valence-electron chi connectivity index (χ3n) is 3.99. The number of aromatic nitrogens is 2. The summed E-state index contributed by atoms with van der Waals surface area (Å²) < 4.78 is 0. The second kappa shape index (κ2) is 8.44. The van der Waals surface area contributed by atoms with E-state index in [2.05, 4.69) is 15.5 Å². The van der Waals surface area contributed by atoms with Crippen LogP contribution in [0.5, 0.6) is 0 Å². The Balaban J connectivity index is 1.90. The molecule has 0 aliphatic heterocycles. The summed E-state index contributed by atoms with van der Waals surface area (Å²) >= 11 is 0. The fourth-order valence-corrected chi connectivity index (χ4v) is 2.61. The molecule has 3 aromatic rings. The smallest absolute Gasteiger partial charge is 0.271 e. The van der Waals surface area contributed by atoms with Gasteiger partial charge in [0.2, 0.25) is 0 Å². The number of rotatable bonds is 6. The van der Waals surface area contributed by atoms with E-state index in [9.17, 15) is 30.3 Å². The van der Waals surface area contributed by atoms with Crippen molar-refractivity contribution in [1.82, 2.24) is 10.2 Å². The van der Waals surface area contributed by atoms with Gasteiger partial charge >= 0.3 is 0 Å². The molecule has 11 nitrogen and oxygen atoms in total. The molecule has 0 unspecified atom stereocenters. The summed E-state index contributed by atoms with van der Waals surface area (Å²) in [7, 11) is 0. The van der Waals surface area contributed by atoms with E-state index in [0.29, 0.717) is 16.8 Å². The van der Waals surface area contributed by atoms with Gasteiger partial charge < -0.3 is 5.32 Å². The highest BCUT2D eigenvalue weighted by Crippen LogP contribution is 2.26. The van der Waals surface area contributed by atoms with E-state index in [-0.39, 0.29) is 22.6 Å². The minimum atomic E-state index is -0.774. The summed E-state index contributed by atoms with van der Waals surface area (Å²) in [5, 5.41) is 40.2. The Morgan fingerprint density at radius 2 is 1.77 bits per heavy atom. The Kier molecular flexibility index (Phi) is 5.60. The summed E-state index contributed by atoms with van der Waals surface area (Å²) in [6.07, 6.45) is 2.64. The number of H-pyrrole nitrogens is 1. The zero-order valence-electron chi connectivity index (χ0n) is 15.1. The molecule has 0 bridgehead atoms. The lowest BCUT2D eigenvalue weighted by molar-refractivity contribution is -0.385. The molecule has 1 heterocycles. The average molecular weight is 404 g/mol. The molecule has 0 radical (unpaired) electrons. The van der Waals surface area contributed by atoms with Crippen LogP contribution in [-0.4, -0.2) is 26.0 Å². The number of non-ortho nitro benzene ring substituents is 2. The first-order chi connectivity index (χ1) is 14.4. The van der Waals surface area contributed by atoms with E-state index >= 15 is 0 Å². The number of anilines is 1. The minimum absolute atomic E-state index is 0.124. The van der Waals surface area contributed by atoms with E-state index in [1.165, 1.54) is 54.7 Å². The van der Waals surface area contributed by atoms with Crippen molar-refractivity contribution in [2.75, 3.05) is 5.32 Å². The molecular weight excluding hydrogens is 392 g/mol. The highest BCUT2D eigenvalue weighted by atomic mass is 16.6. The topological polar surface area (TPSA) is 168 Å². The zero-order valence-corrected chi connectivity index (χ0v) is 15.1. The van der Waals surface area contributed by atoms with Gasteiger partial charge in [0.1, 0.15) is 11.6 Å². The summed E-state index contributed by atoms with van der Waals surface area (Å²) in [6.45, 7) is 0. The molecule has 148 valence electrons. The molecule has 0 saturated heterocycles. The monoisotopic (exact) mass is 404 g/mol. The normalized spacial score (nSPS) is 10.8. The highest BCUT2D eigenvalue weighted by Gasteiger charge is 2.15. The van der Waals surface area contributed by atoms with Crippen LogP contribution in [0, 0.1) is 31.6 Å². The molecule has 0 spiro atoms. The molecule has 30 heavy (non-hydrogen) atoms. The van der Waals surface area contributed by atoms with Crippen LogP contribution in [0.25, 0.3) is 17.3 Å². The summed E-state index contributed by atoms with van der Waals surface area (Å²) in [5.74, 6) is -0.774. The molecule has 11 heteroatoms. The van der Waals surface area contributed by atoms with Crippen molar-refractivity contribution in [2.45, 2.75) is 0 Å². The van der Waals surface area contributed by atoms with Gasteiger partial charge in [0.05, 0.1) is 21.7 Å². The molecule has 1 aromatic heterocycles. The number of nitriles is 1. The maximum absolute atomic E-state index is 12.5. The van der Waals surface area contributed by atoms with E-state index in [1.54, 1.807) is 12.1 Å². The summed E-state index contributed by atoms with van der Waals surface area (Å²) in [6, 6.07) is 12.9. The van der Waals surface area contributed by atoms with E-state index < -0.39 is 15.8 Å². The van der Waals surface area contributed by atoms with Gasteiger partial charge in [-0.05, 0) is 12.1 Å². The van der Waals surface area contributed by atoms with Crippen LogP contribution in [0.2, 0.25) is 0 Å². The maximum Gasteiger partial charge on any atom is 0.271 e. The molecule has 2 N–H and O–H groups in total. The van der Waals surface area contributed by atoms with Gasteiger partial charge in [0.25, 0.3) is 17.3 Å². The number of nitrogens with one attached hydrogen (secondary N) is 2. The molecule has 0 aliphatic carbocycles. The first kappa shape index (κ1) is 19.9. The van der Waals surface area contributed by atoms with Crippen molar-refractivity contribution >= 4 is 29.0 Å². The van der Waals surface area contributed by atoms with Gasteiger partial charge in [0.15, 0.2) is 0 Å². The minimum Gasteiger partial charge on any atom is -0.321 e.